The minimum Gasteiger partial charge on any atom is -0.358 e. The number of benzene rings is 2. The average Bonchev–Trinajstić information content (AvgIpc) is 3.17. The normalized spacial score (nSPS) is 18.3. The summed E-state index contributed by atoms with van der Waals surface area (Å²) in [7, 11) is 1.64. The smallest absolute Gasteiger partial charge is 0.241 e. The summed E-state index contributed by atoms with van der Waals surface area (Å²) in [5.74, 6) is -0.102. The number of likely N-dealkylation sites (N-methyl/N-ethyl adjacent to an activating group) is 1. The van der Waals surface area contributed by atoms with Crippen LogP contribution in [0.3, 0.4) is 0 Å². The van der Waals surface area contributed by atoms with Gasteiger partial charge in [0, 0.05) is 20.1 Å². The first-order chi connectivity index (χ1) is 12.7. The quantitative estimate of drug-likeness (QED) is 0.839. The fourth-order valence-corrected chi connectivity index (χ4v) is 3.55. The summed E-state index contributed by atoms with van der Waals surface area (Å²) in [6.07, 6.45) is 1.67. The molecule has 0 bridgehead atoms. The van der Waals surface area contributed by atoms with Gasteiger partial charge in [-0.3, -0.25) is 14.5 Å². The van der Waals surface area contributed by atoms with E-state index in [0.29, 0.717) is 6.54 Å². The van der Waals surface area contributed by atoms with Crippen molar-refractivity contribution >= 4 is 11.8 Å². The van der Waals surface area contributed by atoms with Crippen LogP contribution in [0.2, 0.25) is 0 Å². The lowest BCUT2D eigenvalue weighted by Crippen LogP contribution is -2.48. The minimum atomic E-state index is -0.448. The maximum Gasteiger partial charge on any atom is 0.241 e. The van der Waals surface area contributed by atoms with Crippen molar-refractivity contribution in [3.05, 3.63) is 71.8 Å². The molecule has 1 heterocycles. The van der Waals surface area contributed by atoms with Crippen LogP contribution in [0.25, 0.3) is 0 Å². The zero-order valence-corrected chi connectivity index (χ0v) is 15.0. The Morgan fingerprint density at radius 3 is 2.38 bits per heavy atom. The van der Waals surface area contributed by atoms with Crippen molar-refractivity contribution in [3.8, 4) is 0 Å². The number of rotatable bonds is 6. The van der Waals surface area contributed by atoms with Gasteiger partial charge in [-0.1, -0.05) is 60.7 Å². The summed E-state index contributed by atoms with van der Waals surface area (Å²) >= 11 is 0. The average molecular weight is 351 g/mol. The molecule has 0 unspecified atom stereocenters. The molecule has 1 fully saturated rings. The lowest BCUT2D eigenvalue weighted by molar-refractivity contribution is -0.131. The Kier molecular flexibility index (Phi) is 6.02. The van der Waals surface area contributed by atoms with E-state index in [-0.39, 0.29) is 17.9 Å². The molecule has 1 aliphatic rings. The van der Waals surface area contributed by atoms with Gasteiger partial charge >= 0.3 is 0 Å². The SMILES string of the molecule is CNC(=O)[C@@H](c1ccccc1)N1CCC[C@H]1C(=O)NCc1ccccc1. The van der Waals surface area contributed by atoms with Gasteiger partial charge in [0.1, 0.15) is 6.04 Å². The van der Waals surface area contributed by atoms with E-state index in [9.17, 15) is 9.59 Å². The zero-order valence-electron chi connectivity index (χ0n) is 15.0. The van der Waals surface area contributed by atoms with Crippen molar-refractivity contribution < 1.29 is 9.59 Å². The summed E-state index contributed by atoms with van der Waals surface area (Å²) in [6, 6.07) is 18.8. The molecule has 1 saturated heterocycles. The molecule has 0 aliphatic carbocycles. The minimum absolute atomic E-state index is 0.0174. The van der Waals surface area contributed by atoms with Crippen LogP contribution in [-0.4, -0.2) is 36.3 Å². The number of hydrogen-bond acceptors (Lipinski definition) is 3. The van der Waals surface area contributed by atoms with Crippen molar-refractivity contribution in [1.82, 2.24) is 15.5 Å². The number of nitrogens with zero attached hydrogens (tertiary/aromatic N) is 1. The molecule has 0 aromatic heterocycles. The van der Waals surface area contributed by atoms with Crippen molar-refractivity contribution in [3.63, 3.8) is 0 Å². The van der Waals surface area contributed by atoms with E-state index in [0.717, 1.165) is 30.5 Å². The van der Waals surface area contributed by atoms with Crippen LogP contribution >= 0.6 is 0 Å². The second-order valence-corrected chi connectivity index (χ2v) is 6.53. The Bertz CT molecular complexity index is 733. The Balaban J connectivity index is 1.74. The monoisotopic (exact) mass is 351 g/mol. The number of nitrogens with one attached hydrogen (secondary N) is 2. The highest BCUT2D eigenvalue weighted by Crippen LogP contribution is 2.30. The molecule has 2 aromatic carbocycles. The highest BCUT2D eigenvalue weighted by molar-refractivity contribution is 5.86. The molecule has 1 aliphatic heterocycles. The summed E-state index contributed by atoms with van der Waals surface area (Å²) in [6.45, 7) is 1.23. The van der Waals surface area contributed by atoms with Gasteiger partial charge in [-0.2, -0.15) is 0 Å². The van der Waals surface area contributed by atoms with E-state index in [1.54, 1.807) is 7.05 Å². The molecular weight excluding hydrogens is 326 g/mol. The van der Waals surface area contributed by atoms with E-state index < -0.39 is 6.04 Å². The van der Waals surface area contributed by atoms with Gasteiger partial charge in [0.05, 0.1) is 6.04 Å². The number of carbonyl (C=O) groups is 2. The molecule has 2 aromatic rings. The van der Waals surface area contributed by atoms with Gasteiger partial charge in [-0.05, 0) is 24.0 Å². The fourth-order valence-electron chi connectivity index (χ4n) is 3.55. The maximum atomic E-state index is 12.8. The van der Waals surface area contributed by atoms with Crippen LogP contribution < -0.4 is 10.6 Å². The number of likely N-dealkylation sites (tertiary alicyclic amines) is 1. The summed E-state index contributed by atoms with van der Waals surface area (Å²) in [5.41, 5.74) is 1.98. The van der Waals surface area contributed by atoms with Gasteiger partial charge in [-0.15, -0.1) is 0 Å². The van der Waals surface area contributed by atoms with E-state index in [1.807, 2.05) is 65.6 Å². The van der Waals surface area contributed by atoms with Gasteiger partial charge < -0.3 is 10.6 Å². The van der Waals surface area contributed by atoms with Crippen molar-refractivity contribution in [2.75, 3.05) is 13.6 Å². The number of amides is 2. The van der Waals surface area contributed by atoms with Gasteiger partial charge in [-0.25, -0.2) is 0 Å². The molecule has 5 heteroatoms. The van der Waals surface area contributed by atoms with Crippen LogP contribution in [0.15, 0.2) is 60.7 Å². The third-order valence-electron chi connectivity index (χ3n) is 4.85. The molecule has 5 nitrogen and oxygen atoms in total. The van der Waals surface area contributed by atoms with Gasteiger partial charge in [0.25, 0.3) is 0 Å². The molecule has 2 N–H and O–H groups in total. The van der Waals surface area contributed by atoms with Crippen LogP contribution in [0.1, 0.15) is 30.0 Å². The van der Waals surface area contributed by atoms with Crippen molar-refractivity contribution in [2.24, 2.45) is 0 Å². The summed E-state index contributed by atoms with van der Waals surface area (Å²) in [5, 5.41) is 5.77. The zero-order chi connectivity index (χ0) is 18.4. The molecule has 136 valence electrons. The highest BCUT2D eigenvalue weighted by atomic mass is 16.2. The Morgan fingerprint density at radius 1 is 1.08 bits per heavy atom. The Morgan fingerprint density at radius 2 is 1.73 bits per heavy atom. The predicted octanol–water partition coefficient (Wildman–Crippen LogP) is 2.25. The third-order valence-corrected chi connectivity index (χ3v) is 4.85. The molecule has 2 atom stereocenters. The first kappa shape index (κ1) is 18.1. The van der Waals surface area contributed by atoms with E-state index >= 15 is 0 Å². The maximum absolute atomic E-state index is 12.8. The first-order valence-electron chi connectivity index (χ1n) is 9.04. The standard InChI is InChI=1S/C21H25N3O2/c1-22-21(26)19(17-11-6-3-7-12-17)24-14-8-13-18(24)20(25)23-15-16-9-4-2-5-10-16/h2-7,9-12,18-19H,8,13-15H2,1H3,(H,22,26)(H,23,25)/t18-,19+/m0/s1. The van der Waals surface area contributed by atoms with E-state index in [1.165, 1.54) is 0 Å². The largest absolute Gasteiger partial charge is 0.358 e. The van der Waals surface area contributed by atoms with Crippen LogP contribution in [0, 0.1) is 0 Å². The van der Waals surface area contributed by atoms with Crippen molar-refractivity contribution in [2.45, 2.75) is 31.5 Å². The van der Waals surface area contributed by atoms with Crippen LogP contribution in [-0.2, 0) is 16.1 Å². The van der Waals surface area contributed by atoms with Crippen molar-refractivity contribution in [1.29, 1.82) is 0 Å². The van der Waals surface area contributed by atoms with Gasteiger partial charge in [0.2, 0.25) is 11.8 Å². The molecule has 0 spiro atoms. The second-order valence-electron chi connectivity index (χ2n) is 6.53. The van der Waals surface area contributed by atoms with Crippen LogP contribution in [0.5, 0.6) is 0 Å². The lowest BCUT2D eigenvalue weighted by Gasteiger charge is -2.31. The fraction of sp³-hybridized carbons (Fsp3) is 0.333. The second kappa shape index (κ2) is 8.63. The molecular formula is C21H25N3O2. The van der Waals surface area contributed by atoms with E-state index in [4.69, 9.17) is 0 Å². The molecule has 26 heavy (non-hydrogen) atoms. The Hall–Kier alpha value is -2.66. The molecule has 3 rings (SSSR count). The first-order valence-corrected chi connectivity index (χ1v) is 9.04. The third kappa shape index (κ3) is 4.11. The predicted molar refractivity (Wildman–Crippen MR) is 101 cm³/mol. The molecule has 0 saturated carbocycles. The highest BCUT2D eigenvalue weighted by Gasteiger charge is 2.38. The lowest BCUT2D eigenvalue weighted by atomic mass is 10.0. The number of hydrogen-bond donors (Lipinski definition) is 2. The topological polar surface area (TPSA) is 61.4 Å². The summed E-state index contributed by atoms with van der Waals surface area (Å²) < 4.78 is 0. The van der Waals surface area contributed by atoms with E-state index in [2.05, 4.69) is 10.6 Å². The molecule has 2 amide bonds. The van der Waals surface area contributed by atoms with Gasteiger partial charge in [0.15, 0.2) is 0 Å². The summed E-state index contributed by atoms with van der Waals surface area (Å²) in [4.78, 5) is 27.4. The molecule has 0 radical (unpaired) electrons. The van der Waals surface area contributed by atoms with Crippen LogP contribution in [0.4, 0.5) is 0 Å². The number of carbonyl (C=O) groups excluding carboxylic acids is 2. The Labute approximate surface area is 154 Å².